The highest BCUT2D eigenvalue weighted by Gasteiger charge is 2.35. The minimum Gasteiger partial charge on any atom is -0.481 e. The maximum Gasteiger partial charge on any atom is 0.322 e. The van der Waals surface area contributed by atoms with E-state index in [1.165, 1.54) is 23.5 Å². The monoisotopic (exact) mass is 633 g/mol. The fourth-order valence-corrected chi connectivity index (χ4v) is 7.49. The molecule has 0 saturated heterocycles. The molecule has 0 amide bonds. The lowest BCUT2D eigenvalue weighted by Crippen LogP contribution is -2.46. The molecule has 43 heavy (non-hydrogen) atoms. The molecule has 3 aromatic carbocycles. The summed E-state index contributed by atoms with van der Waals surface area (Å²) >= 11 is 7.57. The molecule has 0 aliphatic heterocycles. The number of hydrogen-bond donors (Lipinski definition) is 1. The number of hydrogen-bond acceptors (Lipinski definition) is 7. The van der Waals surface area contributed by atoms with Gasteiger partial charge in [0.15, 0.2) is 0 Å². The molecule has 0 aliphatic rings. The van der Waals surface area contributed by atoms with Crippen LogP contribution < -0.4 is 4.74 Å². The van der Waals surface area contributed by atoms with Crippen molar-refractivity contribution in [3.63, 3.8) is 0 Å². The zero-order valence-corrected chi connectivity index (χ0v) is 25.7. The number of rotatable bonds is 11. The highest BCUT2D eigenvalue weighted by molar-refractivity contribution is 7.89. The summed E-state index contributed by atoms with van der Waals surface area (Å²) in [6.45, 7) is 1.63. The van der Waals surface area contributed by atoms with E-state index in [2.05, 4.69) is 4.98 Å². The standard InChI is InChI=1S/C32H28ClN3O5S2/c1-3-36(27(32(37)38)19-21-7-5-4-6-8-21)43(39,40)26-16-11-22(12-17-26)29-30(24-13-18-28(41-2)34-20-24)42-31(35-29)23-9-14-25(33)15-10-23/h4-18,20,27H,3,19H2,1-2H3,(H,37,38). The van der Waals surface area contributed by atoms with E-state index >= 15 is 0 Å². The molecular weight excluding hydrogens is 606 g/mol. The molecule has 0 fully saturated rings. The number of aliphatic carboxylic acids is 1. The number of nitrogens with zero attached hydrogens (tertiary/aromatic N) is 3. The van der Waals surface area contributed by atoms with Gasteiger partial charge in [-0.25, -0.2) is 18.4 Å². The van der Waals surface area contributed by atoms with Crippen molar-refractivity contribution in [2.24, 2.45) is 0 Å². The van der Waals surface area contributed by atoms with Crippen LogP contribution in [0.15, 0.2) is 102 Å². The summed E-state index contributed by atoms with van der Waals surface area (Å²) in [5.41, 5.74) is 3.81. The van der Waals surface area contributed by atoms with Crippen molar-refractivity contribution in [3.8, 4) is 38.1 Å². The van der Waals surface area contributed by atoms with Gasteiger partial charge in [0.25, 0.3) is 0 Å². The number of carboxylic acids is 1. The zero-order valence-electron chi connectivity index (χ0n) is 23.3. The van der Waals surface area contributed by atoms with Gasteiger partial charge in [0.1, 0.15) is 11.0 Å². The van der Waals surface area contributed by atoms with Crippen LogP contribution in [0.4, 0.5) is 0 Å². The summed E-state index contributed by atoms with van der Waals surface area (Å²) in [7, 11) is -2.58. The number of halogens is 1. The van der Waals surface area contributed by atoms with Crippen LogP contribution in [0.1, 0.15) is 12.5 Å². The molecule has 0 radical (unpaired) electrons. The van der Waals surface area contributed by atoms with Crippen LogP contribution in [0, 0.1) is 0 Å². The van der Waals surface area contributed by atoms with Crippen LogP contribution in [0.3, 0.4) is 0 Å². The summed E-state index contributed by atoms with van der Waals surface area (Å²) < 4.78 is 33.7. The molecule has 2 heterocycles. The van der Waals surface area contributed by atoms with Crippen molar-refractivity contribution >= 4 is 38.9 Å². The van der Waals surface area contributed by atoms with Crippen molar-refractivity contribution in [1.82, 2.24) is 14.3 Å². The second-order valence-corrected chi connectivity index (χ2v) is 12.9. The smallest absolute Gasteiger partial charge is 0.322 e. The number of likely N-dealkylation sites (N-methyl/N-ethyl adjacent to an activating group) is 1. The quantitative estimate of drug-likeness (QED) is 0.168. The highest BCUT2D eigenvalue weighted by Crippen LogP contribution is 2.41. The Hall–Kier alpha value is -4.09. The van der Waals surface area contributed by atoms with E-state index in [0.29, 0.717) is 22.2 Å². The fourth-order valence-electron chi connectivity index (χ4n) is 4.69. The van der Waals surface area contributed by atoms with Gasteiger partial charge in [-0.3, -0.25) is 4.79 Å². The normalized spacial score (nSPS) is 12.3. The number of aromatic nitrogens is 2. The van der Waals surface area contributed by atoms with Gasteiger partial charge in [0, 0.05) is 40.5 Å². The first kappa shape index (κ1) is 30.4. The lowest BCUT2D eigenvalue weighted by atomic mass is 10.1. The minimum absolute atomic E-state index is 0.000951. The number of pyridine rings is 1. The molecule has 11 heteroatoms. The molecule has 1 unspecified atom stereocenters. The first-order chi connectivity index (χ1) is 20.7. The summed E-state index contributed by atoms with van der Waals surface area (Å²) in [6.07, 6.45) is 1.76. The van der Waals surface area contributed by atoms with Crippen molar-refractivity contribution in [1.29, 1.82) is 0 Å². The average Bonchev–Trinajstić information content (AvgIpc) is 3.47. The number of ether oxygens (including phenoxy) is 1. The Morgan fingerprint density at radius 2 is 1.60 bits per heavy atom. The lowest BCUT2D eigenvalue weighted by Gasteiger charge is -2.27. The van der Waals surface area contributed by atoms with Crippen LogP contribution in [0.5, 0.6) is 5.88 Å². The number of carbonyl (C=O) groups is 1. The zero-order chi connectivity index (χ0) is 30.6. The molecule has 0 bridgehead atoms. The van der Waals surface area contributed by atoms with Gasteiger partial charge in [-0.1, -0.05) is 73.1 Å². The number of sulfonamides is 1. The van der Waals surface area contributed by atoms with Gasteiger partial charge in [0.05, 0.1) is 22.6 Å². The maximum absolute atomic E-state index is 13.7. The fraction of sp³-hybridized carbons (Fsp3) is 0.156. The summed E-state index contributed by atoms with van der Waals surface area (Å²) in [5.74, 6) is -0.726. The van der Waals surface area contributed by atoms with E-state index in [4.69, 9.17) is 21.3 Å². The maximum atomic E-state index is 13.7. The van der Waals surface area contributed by atoms with E-state index < -0.39 is 22.0 Å². The topological polar surface area (TPSA) is 110 Å². The summed E-state index contributed by atoms with van der Waals surface area (Å²) in [6, 6.07) is 25.1. The Labute approximate surface area is 259 Å². The van der Waals surface area contributed by atoms with Crippen LogP contribution >= 0.6 is 22.9 Å². The van der Waals surface area contributed by atoms with Crippen LogP contribution in [-0.2, 0) is 21.2 Å². The Morgan fingerprint density at radius 1 is 0.953 bits per heavy atom. The van der Waals surface area contributed by atoms with Gasteiger partial charge in [-0.05, 0) is 42.3 Å². The molecule has 0 saturated carbocycles. The van der Waals surface area contributed by atoms with Crippen LogP contribution in [-0.4, -0.2) is 53.5 Å². The van der Waals surface area contributed by atoms with Gasteiger partial charge < -0.3 is 9.84 Å². The SMILES string of the molecule is CCN(C(Cc1ccccc1)C(=O)O)S(=O)(=O)c1ccc(-c2nc(-c3ccc(Cl)cc3)sc2-c2ccc(OC)nc2)cc1. The molecule has 2 aromatic heterocycles. The Bertz CT molecular complexity index is 1810. The van der Waals surface area contributed by atoms with E-state index in [0.717, 1.165) is 30.9 Å². The second kappa shape index (κ2) is 13.0. The highest BCUT2D eigenvalue weighted by atomic mass is 35.5. The predicted octanol–water partition coefficient (Wildman–Crippen LogP) is 6.91. The molecule has 0 aliphatic carbocycles. The summed E-state index contributed by atoms with van der Waals surface area (Å²) in [5, 5.41) is 11.4. The Balaban J connectivity index is 1.51. The lowest BCUT2D eigenvalue weighted by molar-refractivity contribution is -0.141. The van der Waals surface area contributed by atoms with E-state index in [9.17, 15) is 18.3 Å². The minimum atomic E-state index is -4.13. The van der Waals surface area contributed by atoms with E-state index in [-0.39, 0.29) is 17.9 Å². The van der Waals surface area contributed by atoms with Gasteiger partial charge in [-0.2, -0.15) is 4.31 Å². The Morgan fingerprint density at radius 3 is 2.19 bits per heavy atom. The number of carboxylic acid groups (broad SMARTS) is 1. The Kier molecular flexibility index (Phi) is 9.22. The van der Waals surface area contributed by atoms with Crippen molar-refractivity contribution in [2.45, 2.75) is 24.3 Å². The molecule has 8 nitrogen and oxygen atoms in total. The van der Waals surface area contributed by atoms with Gasteiger partial charge >= 0.3 is 5.97 Å². The van der Waals surface area contributed by atoms with Gasteiger partial charge in [0.2, 0.25) is 15.9 Å². The first-order valence-corrected chi connectivity index (χ1v) is 16.0. The number of thiazole rings is 1. The predicted molar refractivity (Wildman–Crippen MR) is 169 cm³/mol. The number of benzene rings is 3. The largest absolute Gasteiger partial charge is 0.481 e. The molecule has 1 atom stereocenters. The first-order valence-electron chi connectivity index (χ1n) is 13.4. The average molecular weight is 634 g/mol. The molecule has 1 N–H and O–H groups in total. The third kappa shape index (κ3) is 6.62. The van der Waals surface area contributed by atoms with E-state index in [1.54, 1.807) is 74.8 Å². The molecule has 220 valence electrons. The van der Waals surface area contributed by atoms with Crippen LogP contribution in [0.25, 0.3) is 32.3 Å². The molecule has 5 rings (SSSR count). The number of methoxy groups -OCH3 is 1. The van der Waals surface area contributed by atoms with E-state index in [1.807, 2.05) is 24.3 Å². The molecule has 0 spiro atoms. The van der Waals surface area contributed by atoms with Crippen molar-refractivity contribution in [2.75, 3.05) is 13.7 Å². The second-order valence-electron chi connectivity index (χ2n) is 9.57. The van der Waals surface area contributed by atoms with Crippen molar-refractivity contribution in [3.05, 3.63) is 108 Å². The summed E-state index contributed by atoms with van der Waals surface area (Å²) in [4.78, 5) is 22.3. The molecule has 5 aromatic rings. The molecular formula is C32H28ClN3O5S2. The third-order valence-corrected chi connectivity index (χ3v) is 10.3. The van der Waals surface area contributed by atoms with Gasteiger partial charge in [-0.15, -0.1) is 11.3 Å². The van der Waals surface area contributed by atoms with Crippen LogP contribution in [0.2, 0.25) is 5.02 Å². The third-order valence-electron chi connectivity index (χ3n) is 6.88. The van der Waals surface area contributed by atoms with Crippen molar-refractivity contribution < 1.29 is 23.1 Å².